The maximum absolute atomic E-state index is 13.0. The number of nitrogens with zero attached hydrogens (tertiary/aromatic N) is 4. The maximum Gasteiger partial charge on any atom is 0.238 e. The van der Waals surface area contributed by atoms with Crippen molar-refractivity contribution in [2.45, 2.75) is 6.54 Å². The summed E-state index contributed by atoms with van der Waals surface area (Å²) in [6.07, 6.45) is 0. The van der Waals surface area contributed by atoms with Crippen LogP contribution in [0.5, 0.6) is 0 Å². The molecule has 4 rings (SSSR count). The summed E-state index contributed by atoms with van der Waals surface area (Å²) in [5, 5.41) is 2.78. The molecule has 2 aromatic carbocycles. The smallest absolute Gasteiger partial charge is 0.238 e. The minimum atomic E-state index is -0.337. The first-order valence-electron chi connectivity index (χ1n) is 12.1. The van der Waals surface area contributed by atoms with Crippen molar-refractivity contribution in [3.8, 4) is 0 Å². The van der Waals surface area contributed by atoms with E-state index >= 15 is 0 Å². The van der Waals surface area contributed by atoms with E-state index in [0.717, 1.165) is 26.3 Å². The number of hydrogen-bond donors (Lipinski definition) is 1. The highest BCUT2D eigenvalue weighted by Gasteiger charge is 2.24. The molecule has 35 heavy (non-hydrogen) atoms. The lowest BCUT2D eigenvalue weighted by Crippen LogP contribution is -2.52. The molecule has 0 bridgehead atoms. The molecule has 1 N–H and O–H groups in total. The summed E-state index contributed by atoms with van der Waals surface area (Å²) in [5.41, 5.74) is 2.99. The van der Waals surface area contributed by atoms with Gasteiger partial charge in [-0.3, -0.25) is 19.4 Å². The van der Waals surface area contributed by atoms with E-state index in [1.165, 1.54) is 23.4 Å². The quantitative estimate of drug-likeness (QED) is 0.619. The van der Waals surface area contributed by atoms with Gasteiger partial charge in [-0.25, -0.2) is 4.39 Å². The predicted molar refractivity (Wildman–Crippen MR) is 134 cm³/mol. The van der Waals surface area contributed by atoms with Gasteiger partial charge < -0.3 is 19.9 Å². The minimum Gasteiger partial charge on any atom is -0.378 e. The lowest BCUT2D eigenvalue weighted by Gasteiger charge is -2.35. The van der Waals surface area contributed by atoms with E-state index in [-0.39, 0.29) is 24.2 Å². The summed E-state index contributed by atoms with van der Waals surface area (Å²) < 4.78 is 18.5. The molecule has 2 saturated heterocycles. The second kappa shape index (κ2) is 12.1. The number of rotatable bonds is 8. The zero-order valence-electron chi connectivity index (χ0n) is 20.3. The Hall–Kier alpha value is -3.01. The molecule has 0 aliphatic carbocycles. The van der Waals surface area contributed by atoms with Crippen molar-refractivity contribution in [3.05, 3.63) is 59.9 Å². The molecule has 0 radical (unpaired) electrons. The number of likely N-dealkylation sites (N-methyl/N-ethyl adjacent to an activating group) is 1. The van der Waals surface area contributed by atoms with Crippen LogP contribution in [0.3, 0.4) is 0 Å². The van der Waals surface area contributed by atoms with Gasteiger partial charge in [-0.1, -0.05) is 18.2 Å². The van der Waals surface area contributed by atoms with E-state index in [0.29, 0.717) is 45.0 Å². The van der Waals surface area contributed by atoms with E-state index in [2.05, 4.69) is 33.3 Å². The average molecular weight is 484 g/mol. The first-order chi connectivity index (χ1) is 17.0. The second-order valence-electron chi connectivity index (χ2n) is 9.11. The number of carbonyl (C=O) groups is 2. The Morgan fingerprint density at radius 1 is 0.971 bits per heavy atom. The lowest BCUT2D eigenvalue weighted by atomic mass is 10.1. The molecular formula is C26H34FN5O3. The third-order valence-electron chi connectivity index (χ3n) is 6.41. The second-order valence-corrected chi connectivity index (χ2v) is 9.11. The normalized spacial score (nSPS) is 17.0. The number of carbonyl (C=O) groups excluding carboxylic acids is 2. The standard InChI is InChI=1S/C26H34FN5O3/c1-29(18-21-4-2-3-5-24(21)31-14-16-35-17-15-31)20-26(34)32-12-10-30(11-13-32)19-25(33)28-23-8-6-22(27)7-9-23/h2-9H,10-20H2,1H3,(H,28,33). The van der Waals surface area contributed by atoms with Gasteiger partial charge in [0.05, 0.1) is 26.3 Å². The molecule has 2 heterocycles. The van der Waals surface area contributed by atoms with Crippen molar-refractivity contribution in [2.24, 2.45) is 0 Å². The summed E-state index contributed by atoms with van der Waals surface area (Å²) in [6, 6.07) is 14.1. The highest BCUT2D eigenvalue weighted by atomic mass is 19.1. The van der Waals surface area contributed by atoms with Crippen LogP contribution < -0.4 is 10.2 Å². The van der Waals surface area contributed by atoms with Crippen LogP contribution >= 0.6 is 0 Å². The fraction of sp³-hybridized carbons (Fsp3) is 0.462. The molecule has 188 valence electrons. The summed E-state index contributed by atoms with van der Waals surface area (Å²) in [4.78, 5) is 33.5. The molecule has 2 aliphatic heterocycles. The zero-order chi connectivity index (χ0) is 24.6. The molecule has 0 saturated carbocycles. The third kappa shape index (κ3) is 7.24. The van der Waals surface area contributed by atoms with E-state index in [4.69, 9.17) is 4.74 Å². The van der Waals surface area contributed by atoms with Crippen molar-refractivity contribution >= 4 is 23.2 Å². The first-order valence-corrected chi connectivity index (χ1v) is 12.1. The Labute approximate surface area is 206 Å². The van der Waals surface area contributed by atoms with Gasteiger partial charge in [-0.15, -0.1) is 0 Å². The maximum atomic E-state index is 13.0. The summed E-state index contributed by atoms with van der Waals surface area (Å²) in [6.45, 7) is 7.02. The Kier molecular flexibility index (Phi) is 8.68. The van der Waals surface area contributed by atoms with Crippen LogP contribution in [-0.2, 0) is 20.9 Å². The Balaban J connectivity index is 1.21. The van der Waals surface area contributed by atoms with Gasteiger partial charge in [0.15, 0.2) is 0 Å². The van der Waals surface area contributed by atoms with Crippen LogP contribution in [0.4, 0.5) is 15.8 Å². The molecule has 2 aliphatic rings. The van der Waals surface area contributed by atoms with Crippen LogP contribution in [0.1, 0.15) is 5.56 Å². The van der Waals surface area contributed by atoms with Gasteiger partial charge in [0.25, 0.3) is 0 Å². The molecule has 0 unspecified atom stereocenters. The van der Waals surface area contributed by atoms with E-state index in [9.17, 15) is 14.0 Å². The molecule has 0 spiro atoms. The van der Waals surface area contributed by atoms with Gasteiger partial charge in [0.2, 0.25) is 11.8 Å². The Morgan fingerprint density at radius 3 is 2.37 bits per heavy atom. The Bertz CT molecular complexity index is 989. The van der Waals surface area contributed by atoms with Gasteiger partial charge >= 0.3 is 0 Å². The van der Waals surface area contributed by atoms with E-state index in [1.807, 2.05) is 22.9 Å². The summed E-state index contributed by atoms with van der Waals surface area (Å²) in [7, 11) is 1.98. The summed E-state index contributed by atoms with van der Waals surface area (Å²) >= 11 is 0. The third-order valence-corrected chi connectivity index (χ3v) is 6.41. The summed E-state index contributed by atoms with van der Waals surface area (Å²) in [5.74, 6) is -0.377. The number of nitrogens with one attached hydrogen (secondary N) is 1. The molecular weight excluding hydrogens is 449 g/mol. The highest BCUT2D eigenvalue weighted by molar-refractivity contribution is 5.92. The lowest BCUT2D eigenvalue weighted by molar-refractivity contribution is -0.134. The number of ether oxygens (including phenoxy) is 1. The molecule has 0 aromatic heterocycles. The zero-order valence-corrected chi connectivity index (χ0v) is 20.3. The fourth-order valence-corrected chi connectivity index (χ4v) is 4.53. The number of morpholine rings is 1. The van der Waals surface area contributed by atoms with Gasteiger partial charge in [0, 0.05) is 57.2 Å². The number of hydrogen-bond acceptors (Lipinski definition) is 6. The molecule has 0 atom stereocenters. The number of piperazine rings is 1. The van der Waals surface area contributed by atoms with Crippen molar-refractivity contribution in [1.29, 1.82) is 0 Å². The van der Waals surface area contributed by atoms with Crippen LogP contribution in [0.2, 0.25) is 0 Å². The van der Waals surface area contributed by atoms with Crippen LogP contribution in [0.15, 0.2) is 48.5 Å². The van der Waals surface area contributed by atoms with Crippen LogP contribution in [-0.4, -0.2) is 99.1 Å². The monoisotopic (exact) mass is 483 g/mol. The van der Waals surface area contributed by atoms with Crippen molar-refractivity contribution in [1.82, 2.24) is 14.7 Å². The number of halogens is 1. The first kappa shape index (κ1) is 25.1. The Morgan fingerprint density at radius 2 is 1.66 bits per heavy atom. The van der Waals surface area contributed by atoms with Crippen molar-refractivity contribution < 1.29 is 18.7 Å². The van der Waals surface area contributed by atoms with Crippen LogP contribution in [0.25, 0.3) is 0 Å². The number of anilines is 2. The predicted octanol–water partition coefficient (Wildman–Crippen LogP) is 1.88. The largest absolute Gasteiger partial charge is 0.378 e. The minimum absolute atomic E-state index is 0.103. The fourth-order valence-electron chi connectivity index (χ4n) is 4.53. The van der Waals surface area contributed by atoms with Crippen molar-refractivity contribution in [2.75, 3.05) is 82.8 Å². The van der Waals surface area contributed by atoms with Crippen LogP contribution in [0, 0.1) is 5.82 Å². The topological polar surface area (TPSA) is 68.4 Å². The molecule has 2 aromatic rings. The highest BCUT2D eigenvalue weighted by Crippen LogP contribution is 2.22. The van der Waals surface area contributed by atoms with E-state index < -0.39 is 0 Å². The van der Waals surface area contributed by atoms with Gasteiger partial charge in [0.1, 0.15) is 5.82 Å². The van der Waals surface area contributed by atoms with E-state index in [1.54, 1.807) is 12.1 Å². The number of amides is 2. The SMILES string of the molecule is CN(CC(=O)N1CCN(CC(=O)Nc2ccc(F)cc2)CC1)Cc1ccccc1N1CCOCC1. The number of para-hydroxylation sites is 1. The molecule has 2 fully saturated rings. The average Bonchev–Trinajstić information content (AvgIpc) is 2.86. The molecule has 2 amide bonds. The molecule has 8 nitrogen and oxygen atoms in total. The van der Waals surface area contributed by atoms with Crippen molar-refractivity contribution in [3.63, 3.8) is 0 Å². The van der Waals surface area contributed by atoms with Gasteiger partial charge in [-0.2, -0.15) is 0 Å². The van der Waals surface area contributed by atoms with Gasteiger partial charge in [-0.05, 0) is 42.9 Å². The number of benzene rings is 2. The molecule has 9 heteroatoms.